The van der Waals surface area contributed by atoms with Gasteiger partial charge in [0.15, 0.2) is 0 Å². The summed E-state index contributed by atoms with van der Waals surface area (Å²) >= 11 is 0. The largest absolute Gasteiger partial charge is 0.307 e. The lowest BCUT2D eigenvalue weighted by atomic mass is 10.3. The molecule has 0 saturated carbocycles. The van der Waals surface area contributed by atoms with E-state index < -0.39 is 0 Å². The Kier molecular flexibility index (Phi) is 3.13. The maximum Gasteiger partial charge on any atom is 0.137 e. The highest BCUT2D eigenvalue weighted by Crippen LogP contribution is 2.22. The number of hydrogen-bond donors (Lipinski definition) is 0. The fourth-order valence-corrected chi connectivity index (χ4v) is 3.06. The van der Waals surface area contributed by atoms with Crippen LogP contribution in [-0.4, -0.2) is 37.2 Å². The van der Waals surface area contributed by atoms with Crippen LogP contribution in [-0.2, 0) is 6.54 Å². The molecule has 1 fully saturated rings. The molecule has 4 heterocycles. The first kappa shape index (κ1) is 13.0. The summed E-state index contributed by atoms with van der Waals surface area (Å²) in [5.74, 6) is 0. The normalized spacial score (nSPS) is 18.8. The molecule has 22 heavy (non-hydrogen) atoms. The molecule has 1 unspecified atom stereocenters. The average Bonchev–Trinajstić information content (AvgIpc) is 3.25. The third kappa shape index (κ3) is 2.36. The highest BCUT2D eigenvalue weighted by molar-refractivity contribution is 5.39. The molecule has 0 N–H and O–H groups in total. The van der Waals surface area contributed by atoms with Crippen LogP contribution >= 0.6 is 0 Å². The van der Waals surface area contributed by atoms with Gasteiger partial charge in [-0.15, -0.1) is 0 Å². The van der Waals surface area contributed by atoms with Gasteiger partial charge in [0, 0.05) is 38.2 Å². The first-order valence-corrected chi connectivity index (χ1v) is 7.41. The lowest BCUT2D eigenvalue weighted by Crippen LogP contribution is -2.21. The summed E-state index contributed by atoms with van der Waals surface area (Å²) in [6.45, 7) is 2.82. The molecule has 0 radical (unpaired) electrons. The minimum absolute atomic E-state index is 0.346. The first-order valence-electron chi connectivity index (χ1n) is 7.41. The van der Waals surface area contributed by atoms with Crippen molar-refractivity contribution >= 4 is 5.65 Å². The molecule has 6 nitrogen and oxygen atoms in total. The molecule has 1 saturated heterocycles. The summed E-state index contributed by atoms with van der Waals surface area (Å²) in [4.78, 5) is 7.04. The molecule has 0 bridgehead atoms. The number of aromatic nitrogens is 4. The predicted octanol–water partition coefficient (Wildman–Crippen LogP) is 1.85. The summed E-state index contributed by atoms with van der Waals surface area (Å²) in [5.41, 5.74) is 2.70. The lowest BCUT2D eigenvalue weighted by molar-refractivity contribution is 0.308. The molecule has 0 aromatic carbocycles. The van der Waals surface area contributed by atoms with E-state index in [4.69, 9.17) is 5.26 Å². The van der Waals surface area contributed by atoms with Gasteiger partial charge in [0.25, 0.3) is 0 Å². The minimum Gasteiger partial charge on any atom is -0.307 e. The van der Waals surface area contributed by atoms with Crippen LogP contribution in [0.5, 0.6) is 0 Å². The monoisotopic (exact) mass is 292 g/mol. The van der Waals surface area contributed by atoms with Gasteiger partial charge in [0.2, 0.25) is 0 Å². The molecule has 0 aliphatic carbocycles. The Morgan fingerprint density at radius 2 is 2.27 bits per heavy atom. The van der Waals surface area contributed by atoms with Crippen molar-refractivity contribution in [2.75, 3.05) is 13.1 Å². The number of nitrogens with zero attached hydrogens (tertiary/aromatic N) is 6. The Bertz CT molecular complexity index is 807. The number of fused-ring (bicyclic) bond motifs is 1. The molecule has 1 aliphatic rings. The van der Waals surface area contributed by atoms with Crippen LogP contribution in [0.25, 0.3) is 5.65 Å². The number of likely N-dealkylation sites (tertiary alicyclic amines) is 1. The standard InChI is InChI=1S/C16H16N6/c17-7-13-8-18-22(9-13)15-4-6-20(12-15)10-14-11-21-5-2-1-3-16(21)19-14/h1-3,5,8-9,11,15H,4,6,10,12H2. The highest BCUT2D eigenvalue weighted by Gasteiger charge is 2.25. The van der Waals surface area contributed by atoms with E-state index in [1.807, 2.05) is 35.3 Å². The van der Waals surface area contributed by atoms with E-state index in [-0.39, 0.29) is 0 Å². The van der Waals surface area contributed by atoms with Crippen molar-refractivity contribution in [3.05, 3.63) is 54.2 Å². The zero-order valence-electron chi connectivity index (χ0n) is 12.1. The topological polar surface area (TPSA) is 62.2 Å². The smallest absolute Gasteiger partial charge is 0.137 e. The summed E-state index contributed by atoms with van der Waals surface area (Å²) in [5, 5.41) is 13.2. The summed E-state index contributed by atoms with van der Waals surface area (Å²) < 4.78 is 3.97. The second kappa shape index (κ2) is 5.28. The van der Waals surface area contributed by atoms with Crippen LogP contribution < -0.4 is 0 Å². The fraction of sp³-hybridized carbons (Fsp3) is 0.312. The number of imidazole rings is 1. The zero-order chi connectivity index (χ0) is 14.9. The van der Waals surface area contributed by atoms with Gasteiger partial charge < -0.3 is 4.40 Å². The van der Waals surface area contributed by atoms with Crippen LogP contribution in [0.3, 0.4) is 0 Å². The van der Waals surface area contributed by atoms with Crippen molar-refractivity contribution in [3.63, 3.8) is 0 Å². The number of rotatable bonds is 3. The second-order valence-electron chi connectivity index (χ2n) is 5.70. The van der Waals surface area contributed by atoms with Gasteiger partial charge in [-0.1, -0.05) is 6.07 Å². The molecule has 1 aliphatic heterocycles. The van der Waals surface area contributed by atoms with Crippen molar-refractivity contribution in [3.8, 4) is 6.07 Å². The molecule has 110 valence electrons. The lowest BCUT2D eigenvalue weighted by Gasteiger charge is -2.14. The van der Waals surface area contributed by atoms with E-state index in [9.17, 15) is 0 Å². The third-order valence-corrected chi connectivity index (χ3v) is 4.15. The fourth-order valence-electron chi connectivity index (χ4n) is 3.06. The van der Waals surface area contributed by atoms with Crippen LogP contribution in [0.4, 0.5) is 0 Å². The Hall–Kier alpha value is -2.65. The van der Waals surface area contributed by atoms with Gasteiger partial charge in [0.1, 0.15) is 11.7 Å². The molecule has 3 aromatic heterocycles. The van der Waals surface area contributed by atoms with Gasteiger partial charge in [-0.25, -0.2) is 4.98 Å². The molecule has 0 spiro atoms. The maximum atomic E-state index is 8.89. The summed E-state index contributed by atoms with van der Waals surface area (Å²) in [6.07, 6.45) is 8.62. The summed E-state index contributed by atoms with van der Waals surface area (Å²) in [6, 6.07) is 8.50. The van der Waals surface area contributed by atoms with E-state index in [2.05, 4.69) is 31.6 Å². The van der Waals surface area contributed by atoms with Crippen LogP contribution in [0.15, 0.2) is 43.0 Å². The Balaban J connectivity index is 1.45. The Labute approximate surface area is 128 Å². The van der Waals surface area contributed by atoms with Crippen molar-refractivity contribution < 1.29 is 0 Å². The Morgan fingerprint density at radius 1 is 1.32 bits per heavy atom. The van der Waals surface area contributed by atoms with Crippen LogP contribution in [0.2, 0.25) is 0 Å². The van der Waals surface area contributed by atoms with E-state index in [0.29, 0.717) is 11.6 Å². The van der Waals surface area contributed by atoms with Crippen molar-refractivity contribution in [1.29, 1.82) is 5.26 Å². The van der Waals surface area contributed by atoms with E-state index in [1.165, 1.54) is 0 Å². The van der Waals surface area contributed by atoms with Crippen molar-refractivity contribution in [2.45, 2.75) is 19.0 Å². The Morgan fingerprint density at radius 3 is 3.09 bits per heavy atom. The van der Waals surface area contributed by atoms with E-state index >= 15 is 0 Å². The molecule has 6 heteroatoms. The van der Waals surface area contributed by atoms with Gasteiger partial charge in [0.05, 0.1) is 23.5 Å². The van der Waals surface area contributed by atoms with E-state index in [1.54, 1.807) is 6.20 Å². The average molecular weight is 292 g/mol. The second-order valence-corrected chi connectivity index (χ2v) is 5.70. The van der Waals surface area contributed by atoms with Gasteiger partial charge in [-0.3, -0.25) is 9.58 Å². The first-order chi connectivity index (χ1) is 10.8. The van der Waals surface area contributed by atoms with Crippen molar-refractivity contribution in [1.82, 2.24) is 24.1 Å². The van der Waals surface area contributed by atoms with E-state index in [0.717, 1.165) is 37.4 Å². The molecular weight excluding hydrogens is 276 g/mol. The van der Waals surface area contributed by atoms with Gasteiger partial charge in [-0.2, -0.15) is 10.4 Å². The molecule has 3 aromatic rings. The molecule has 1 atom stereocenters. The number of pyridine rings is 1. The highest BCUT2D eigenvalue weighted by atomic mass is 15.3. The van der Waals surface area contributed by atoms with Crippen LogP contribution in [0, 0.1) is 11.3 Å². The van der Waals surface area contributed by atoms with Gasteiger partial charge >= 0.3 is 0 Å². The zero-order valence-corrected chi connectivity index (χ0v) is 12.1. The molecule has 0 amide bonds. The summed E-state index contributed by atoms with van der Waals surface area (Å²) in [7, 11) is 0. The quantitative estimate of drug-likeness (QED) is 0.739. The predicted molar refractivity (Wildman–Crippen MR) is 81.1 cm³/mol. The van der Waals surface area contributed by atoms with Crippen molar-refractivity contribution in [2.24, 2.45) is 0 Å². The SMILES string of the molecule is N#Cc1cnn(C2CCN(Cc3cn4ccccc4n3)C2)c1. The molecular formula is C16H16N6. The number of nitriles is 1. The molecule has 4 rings (SSSR count). The number of hydrogen-bond acceptors (Lipinski definition) is 4. The third-order valence-electron chi connectivity index (χ3n) is 4.15. The maximum absolute atomic E-state index is 8.89. The van der Waals surface area contributed by atoms with Gasteiger partial charge in [-0.05, 0) is 18.6 Å². The van der Waals surface area contributed by atoms with Crippen LogP contribution in [0.1, 0.15) is 23.7 Å². The minimum atomic E-state index is 0.346.